The molecule has 0 fully saturated rings. The summed E-state index contributed by atoms with van der Waals surface area (Å²) in [4.78, 5) is 28.8. The van der Waals surface area contributed by atoms with Crippen LogP contribution in [0.4, 0.5) is 0 Å². The zero-order valence-corrected chi connectivity index (χ0v) is 20.3. The summed E-state index contributed by atoms with van der Waals surface area (Å²) in [5, 5.41) is 8.08. The maximum absolute atomic E-state index is 13.6. The fraction of sp³-hybridized carbons (Fsp3) is 0.320. The van der Waals surface area contributed by atoms with Crippen LogP contribution in [0.2, 0.25) is 0 Å². The van der Waals surface area contributed by atoms with Crippen molar-refractivity contribution in [3.05, 3.63) is 76.2 Å². The van der Waals surface area contributed by atoms with Crippen molar-refractivity contribution >= 4 is 28.9 Å². The van der Waals surface area contributed by atoms with Crippen LogP contribution in [0, 0.1) is 0 Å². The predicted molar refractivity (Wildman–Crippen MR) is 131 cm³/mol. The smallest absolute Gasteiger partial charge is 0.264 e. The van der Waals surface area contributed by atoms with Crippen LogP contribution < -0.4 is 4.74 Å². The Morgan fingerprint density at radius 3 is 2.65 bits per heavy atom. The molecule has 0 saturated heterocycles. The van der Waals surface area contributed by atoms with Crippen LogP contribution in [0.15, 0.2) is 65.2 Å². The normalized spacial score (nSPS) is 15.3. The minimum atomic E-state index is -0.338. The topological polar surface area (TPSA) is 76.4 Å². The van der Waals surface area contributed by atoms with Crippen molar-refractivity contribution in [3.8, 4) is 5.75 Å². The number of hydrazone groups is 1. The van der Waals surface area contributed by atoms with Gasteiger partial charge in [-0.15, -0.1) is 11.3 Å². The van der Waals surface area contributed by atoms with E-state index >= 15 is 0 Å². The van der Waals surface area contributed by atoms with Gasteiger partial charge in [0, 0.05) is 38.9 Å². The fourth-order valence-electron chi connectivity index (χ4n) is 4.09. The molecule has 1 aliphatic heterocycles. The molecular weight excluding hydrogens is 452 g/mol. The Morgan fingerprint density at radius 2 is 1.97 bits per heavy atom. The highest BCUT2D eigenvalue weighted by atomic mass is 32.1. The molecule has 3 aromatic rings. The van der Waals surface area contributed by atoms with E-state index in [0.717, 1.165) is 17.0 Å². The Balaban J connectivity index is 1.65. The minimum Gasteiger partial charge on any atom is -0.496 e. The van der Waals surface area contributed by atoms with Gasteiger partial charge in [0.25, 0.3) is 11.8 Å². The van der Waals surface area contributed by atoms with E-state index in [2.05, 4.69) is 0 Å². The number of nitrogens with zero attached hydrogens (tertiary/aromatic N) is 4. The number of thiophene rings is 1. The van der Waals surface area contributed by atoms with Crippen LogP contribution >= 0.6 is 11.3 Å². The van der Waals surface area contributed by atoms with E-state index in [1.807, 2.05) is 65.7 Å². The van der Waals surface area contributed by atoms with Crippen LogP contribution in [0.25, 0.3) is 0 Å². The van der Waals surface area contributed by atoms with Gasteiger partial charge < -0.3 is 18.9 Å². The van der Waals surface area contributed by atoms with Gasteiger partial charge in [-0.05, 0) is 29.6 Å². The molecule has 4 rings (SSSR count). The minimum absolute atomic E-state index is 0.102. The van der Waals surface area contributed by atoms with Crippen molar-refractivity contribution in [1.82, 2.24) is 14.5 Å². The van der Waals surface area contributed by atoms with Crippen molar-refractivity contribution < 1.29 is 19.1 Å². The number of para-hydroxylation sites is 1. The van der Waals surface area contributed by atoms with E-state index in [0.29, 0.717) is 30.2 Å². The standard InChI is InChI=1S/C25H28N4O4S/c1-27-12-6-9-20(27)19-16-21(18-8-4-5-10-22(18)33-3)29(26-19)24(30)17-28(13-14-32-2)25(31)23-11-7-15-34-23/h4-12,15,21H,13-14,16-17H2,1-3H3/t21-/m1/s1. The number of aryl methyl sites for hydroxylation is 1. The number of rotatable bonds is 9. The molecule has 0 radical (unpaired) electrons. The lowest BCUT2D eigenvalue weighted by Crippen LogP contribution is -2.42. The predicted octanol–water partition coefficient (Wildman–Crippen LogP) is 3.56. The lowest BCUT2D eigenvalue weighted by molar-refractivity contribution is -0.133. The number of benzene rings is 1. The molecule has 34 heavy (non-hydrogen) atoms. The maximum atomic E-state index is 13.6. The molecule has 0 saturated carbocycles. The first-order valence-corrected chi connectivity index (χ1v) is 11.9. The third-order valence-electron chi connectivity index (χ3n) is 5.81. The van der Waals surface area contributed by atoms with Crippen LogP contribution in [0.1, 0.15) is 33.4 Å². The average Bonchev–Trinajstić information content (AvgIpc) is 3.62. The summed E-state index contributed by atoms with van der Waals surface area (Å²) in [6, 6.07) is 14.8. The number of aromatic nitrogens is 1. The van der Waals surface area contributed by atoms with E-state index < -0.39 is 0 Å². The molecule has 0 unspecified atom stereocenters. The molecule has 9 heteroatoms. The molecule has 2 aromatic heterocycles. The fourth-order valence-corrected chi connectivity index (χ4v) is 4.78. The molecule has 0 N–H and O–H groups in total. The molecule has 0 spiro atoms. The SMILES string of the molecule is COCCN(CC(=O)N1N=C(c2cccn2C)C[C@@H]1c1ccccc1OC)C(=O)c1cccs1. The molecular formula is C25H28N4O4S. The summed E-state index contributed by atoms with van der Waals surface area (Å²) in [5.41, 5.74) is 2.63. The van der Waals surface area contributed by atoms with Gasteiger partial charge in [0.05, 0.1) is 36.0 Å². The van der Waals surface area contributed by atoms with E-state index in [-0.39, 0.29) is 24.4 Å². The van der Waals surface area contributed by atoms with Crippen LogP contribution in [0.5, 0.6) is 5.75 Å². The largest absolute Gasteiger partial charge is 0.496 e. The summed E-state index contributed by atoms with van der Waals surface area (Å²) in [6.45, 7) is 0.536. The molecule has 2 amide bonds. The zero-order valence-electron chi connectivity index (χ0n) is 19.5. The lowest BCUT2D eigenvalue weighted by atomic mass is 9.99. The van der Waals surface area contributed by atoms with E-state index in [9.17, 15) is 9.59 Å². The number of methoxy groups -OCH3 is 2. The van der Waals surface area contributed by atoms with Crippen LogP contribution in [0.3, 0.4) is 0 Å². The number of amides is 2. The molecule has 178 valence electrons. The number of carbonyl (C=O) groups excluding carboxylic acids is 2. The van der Waals surface area contributed by atoms with Gasteiger partial charge in [0.1, 0.15) is 12.3 Å². The van der Waals surface area contributed by atoms with Crippen molar-refractivity contribution in [2.75, 3.05) is 33.9 Å². The second kappa shape index (κ2) is 10.7. The van der Waals surface area contributed by atoms with Crippen molar-refractivity contribution in [3.63, 3.8) is 0 Å². The monoisotopic (exact) mass is 480 g/mol. The average molecular weight is 481 g/mol. The summed E-state index contributed by atoms with van der Waals surface area (Å²) < 4.78 is 12.8. The third-order valence-corrected chi connectivity index (χ3v) is 6.67. The van der Waals surface area contributed by atoms with Crippen LogP contribution in [-0.4, -0.2) is 65.9 Å². The summed E-state index contributed by atoms with van der Waals surface area (Å²) in [5.74, 6) is 0.237. The molecule has 0 bridgehead atoms. The summed E-state index contributed by atoms with van der Waals surface area (Å²) in [6.07, 6.45) is 2.49. The Labute approximate surface area is 203 Å². The first-order valence-electron chi connectivity index (χ1n) is 11.0. The summed E-state index contributed by atoms with van der Waals surface area (Å²) >= 11 is 1.35. The Morgan fingerprint density at radius 1 is 1.15 bits per heavy atom. The van der Waals surface area contributed by atoms with Crippen LogP contribution in [-0.2, 0) is 16.6 Å². The van der Waals surface area contributed by atoms with Crippen molar-refractivity contribution in [2.45, 2.75) is 12.5 Å². The highest BCUT2D eigenvalue weighted by Crippen LogP contribution is 2.37. The van der Waals surface area contributed by atoms with Gasteiger partial charge in [-0.25, -0.2) is 5.01 Å². The first kappa shape index (κ1) is 23.7. The highest BCUT2D eigenvalue weighted by molar-refractivity contribution is 7.12. The number of hydrogen-bond acceptors (Lipinski definition) is 6. The number of ether oxygens (including phenoxy) is 2. The maximum Gasteiger partial charge on any atom is 0.264 e. The van der Waals surface area contributed by atoms with Crippen molar-refractivity contribution in [1.29, 1.82) is 0 Å². The quantitative estimate of drug-likeness (QED) is 0.469. The Hall–Kier alpha value is -3.43. The first-order chi connectivity index (χ1) is 16.5. The molecule has 1 aliphatic rings. The van der Waals surface area contributed by atoms with Gasteiger partial charge >= 0.3 is 0 Å². The zero-order chi connectivity index (χ0) is 24.1. The molecule has 1 atom stereocenters. The van der Waals surface area contributed by atoms with Gasteiger partial charge in [-0.3, -0.25) is 9.59 Å². The van der Waals surface area contributed by atoms with Gasteiger partial charge in [0.15, 0.2) is 0 Å². The second-order valence-electron chi connectivity index (χ2n) is 7.95. The van der Waals surface area contributed by atoms with E-state index in [1.54, 1.807) is 20.3 Å². The number of carbonyl (C=O) groups is 2. The van der Waals surface area contributed by atoms with Gasteiger partial charge in [0.2, 0.25) is 0 Å². The second-order valence-corrected chi connectivity index (χ2v) is 8.90. The molecule has 1 aromatic carbocycles. The van der Waals surface area contributed by atoms with E-state index in [1.165, 1.54) is 21.2 Å². The molecule has 8 nitrogen and oxygen atoms in total. The number of hydrogen-bond donors (Lipinski definition) is 0. The highest BCUT2D eigenvalue weighted by Gasteiger charge is 2.36. The van der Waals surface area contributed by atoms with E-state index in [4.69, 9.17) is 14.6 Å². The third kappa shape index (κ3) is 4.90. The molecule has 0 aliphatic carbocycles. The van der Waals surface area contributed by atoms with Gasteiger partial charge in [-0.1, -0.05) is 24.3 Å². The Kier molecular flexibility index (Phi) is 7.44. The van der Waals surface area contributed by atoms with Crippen molar-refractivity contribution in [2.24, 2.45) is 12.1 Å². The lowest BCUT2D eigenvalue weighted by Gasteiger charge is -2.27. The summed E-state index contributed by atoms with van der Waals surface area (Å²) in [7, 11) is 5.14. The van der Waals surface area contributed by atoms with Gasteiger partial charge in [-0.2, -0.15) is 5.10 Å². The molecule has 3 heterocycles. The Bertz CT molecular complexity index is 1170.